The molecule has 0 aliphatic heterocycles. The number of carbonyl (C=O) groups excluding carboxylic acids is 1. The van der Waals surface area contributed by atoms with E-state index in [1.54, 1.807) is 6.92 Å². The Labute approximate surface area is 121 Å². The summed E-state index contributed by atoms with van der Waals surface area (Å²) in [6.45, 7) is 13.0. The van der Waals surface area contributed by atoms with Crippen LogP contribution in [0.2, 0.25) is 0 Å². The second-order valence-electron chi connectivity index (χ2n) is 5.23. The number of carbonyl (C=O) groups is 1. The normalized spacial score (nSPS) is 12.9. The standard InChI is InChI=1S/C14H28N4O2/c1-6-20-14(19)18-12(7-10(2)3)9-17-13(15)16-8-11(4)5/h10,12H,4,6-9H2,1-3,5H3,(H,18,19)(H3,15,16,17). The number of rotatable bonds is 8. The first-order valence-corrected chi connectivity index (χ1v) is 6.96. The van der Waals surface area contributed by atoms with Gasteiger partial charge in [0.05, 0.1) is 19.2 Å². The Kier molecular flexibility index (Phi) is 9.24. The molecule has 0 aromatic carbocycles. The summed E-state index contributed by atoms with van der Waals surface area (Å²) in [6.07, 6.45) is 0.401. The summed E-state index contributed by atoms with van der Waals surface area (Å²) in [5.41, 5.74) is 6.72. The Bertz CT molecular complexity index is 340. The number of nitrogens with zero attached hydrogens (tertiary/aromatic N) is 1. The van der Waals surface area contributed by atoms with Crippen molar-refractivity contribution < 1.29 is 9.53 Å². The molecule has 1 amide bonds. The van der Waals surface area contributed by atoms with E-state index in [0.29, 0.717) is 31.6 Å². The lowest BCUT2D eigenvalue weighted by Gasteiger charge is -2.18. The van der Waals surface area contributed by atoms with Crippen LogP contribution in [0, 0.1) is 5.92 Å². The third-order valence-electron chi connectivity index (χ3n) is 2.41. The predicted octanol–water partition coefficient (Wildman–Crippen LogP) is 1.63. The number of ether oxygens (including phenoxy) is 1. The van der Waals surface area contributed by atoms with Gasteiger partial charge in [-0.2, -0.15) is 0 Å². The topological polar surface area (TPSA) is 88.7 Å². The van der Waals surface area contributed by atoms with E-state index >= 15 is 0 Å². The second kappa shape index (κ2) is 10.1. The van der Waals surface area contributed by atoms with Gasteiger partial charge in [0.2, 0.25) is 0 Å². The number of nitrogens with two attached hydrogens (primary N) is 1. The average molecular weight is 284 g/mol. The van der Waals surface area contributed by atoms with Crippen molar-refractivity contribution in [1.29, 1.82) is 0 Å². The minimum atomic E-state index is -0.415. The van der Waals surface area contributed by atoms with Crippen LogP contribution in [0.25, 0.3) is 0 Å². The van der Waals surface area contributed by atoms with Crippen LogP contribution in [0.3, 0.4) is 0 Å². The van der Waals surface area contributed by atoms with Gasteiger partial charge in [0.15, 0.2) is 5.96 Å². The van der Waals surface area contributed by atoms with Gasteiger partial charge in [-0.3, -0.25) is 4.99 Å². The summed E-state index contributed by atoms with van der Waals surface area (Å²) >= 11 is 0. The lowest BCUT2D eigenvalue weighted by Crippen LogP contribution is -2.40. The second-order valence-corrected chi connectivity index (χ2v) is 5.23. The smallest absolute Gasteiger partial charge is 0.407 e. The van der Waals surface area contributed by atoms with Crippen molar-refractivity contribution in [3.63, 3.8) is 0 Å². The fraction of sp³-hybridized carbons (Fsp3) is 0.714. The molecule has 1 atom stereocenters. The van der Waals surface area contributed by atoms with Crippen LogP contribution in [0.5, 0.6) is 0 Å². The number of alkyl carbamates (subject to hydrolysis) is 1. The van der Waals surface area contributed by atoms with Crippen molar-refractivity contribution in [2.45, 2.75) is 40.2 Å². The van der Waals surface area contributed by atoms with Crippen molar-refractivity contribution in [2.75, 3.05) is 19.7 Å². The Morgan fingerprint density at radius 2 is 2.10 bits per heavy atom. The summed E-state index contributed by atoms with van der Waals surface area (Å²) in [5, 5.41) is 5.75. The molecular weight excluding hydrogens is 256 g/mol. The number of nitrogens with one attached hydrogen (secondary N) is 2. The number of hydrogen-bond acceptors (Lipinski definition) is 3. The zero-order chi connectivity index (χ0) is 15.5. The summed E-state index contributed by atoms with van der Waals surface area (Å²) in [4.78, 5) is 15.7. The molecule has 1 unspecified atom stereocenters. The van der Waals surface area contributed by atoms with E-state index in [2.05, 4.69) is 36.1 Å². The van der Waals surface area contributed by atoms with Crippen molar-refractivity contribution in [2.24, 2.45) is 16.6 Å². The van der Waals surface area contributed by atoms with Crippen LogP contribution in [0.4, 0.5) is 4.79 Å². The number of amides is 1. The molecule has 0 aromatic rings. The Morgan fingerprint density at radius 1 is 1.45 bits per heavy atom. The molecule has 116 valence electrons. The van der Waals surface area contributed by atoms with Crippen LogP contribution >= 0.6 is 0 Å². The summed E-state index contributed by atoms with van der Waals surface area (Å²) in [7, 11) is 0. The summed E-state index contributed by atoms with van der Waals surface area (Å²) in [5.74, 6) is 0.800. The van der Waals surface area contributed by atoms with Gasteiger partial charge in [-0.25, -0.2) is 4.79 Å². The molecule has 0 spiro atoms. The highest BCUT2D eigenvalue weighted by atomic mass is 16.5. The number of guanidine groups is 1. The quantitative estimate of drug-likeness (QED) is 0.359. The monoisotopic (exact) mass is 284 g/mol. The Morgan fingerprint density at radius 3 is 2.60 bits per heavy atom. The molecule has 0 fully saturated rings. The maximum atomic E-state index is 11.5. The minimum Gasteiger partial charge on any atom is -0.450 e. The van der Waals surface area contributed by atoms with E-state index < -0.39 is 6.09 Å². The van der Waals surface area contributed by atoms with Crippen molar-refractivity contribution in [1.82, 2.24) is 10.6 Å². The van der Waals surface area contributed by atoms with Crippen LogP contribution in [-0.4, -0.2) is 37.8 Å². The highest BCUT2D eigenvalue weighted by molar-refractivity contribution is 5.78. The first kappa shape index (κ1) is 18.3. The molecule has 0 rings (SSSR count). The molecule has 0 aromatic heterocycles. The molecule has 0 saturated heterocycles. The maximum absolute atomic E-state index is 11.5. The molecule has 20 heavy (non-hydrogen) atoms. The van der Waals surface area contributed by atoms with Crippen molar-refractivity contribution >= 4 is 12.1 Å². The molecule has 0 aliphatic carbocycles. The first-order chi connectivity index (χ1) is 9.35. The molecule has 0 bridgehead atoms. The third kappa shape index (κ3) is 10.2. The van der Waals surface area contributed by atoms with E-state index in [4.69, 9.17) is 10.5 Å². The van der Waals surface area contributed by atoms with Gasteiger partial charge in [-0.15, -0.1) is 0 Å². The van der Waals surface area contributed by atoms with Crippen molar-refractivity contribution in [3.05, 3.63) is 12.2 Å². The van der Waals surface area contributed by atoms with E-state index in [-0.39, 0.29) is 6.04 Å². The van der Waals surface area contributed by atoms with E-state index in [1.807, 2.05) is 6.92 Å². The molecule has 4 N–H and O–H groups in total. The lowest BCUT2D eigenvalue weighted by atomic mass is 10.0. The van der Waals surface area contributed by atoms with E-state index in [0.717, 1.165) is 12.0 Å². The van der Waals surface area contributed by atoms with Crippen LogP contribution in [-0.2, 0) is 4.74 Å². The Balaban J connectivity index is 4.37. The molecule has 6 heteroatoms. The van der Waals surface area contributed by atoms with Crippen LogP contribution in [0.15, 0.2) is 17.1 Å². The molecule has 0 heterocycles. The molecule has 0 radical (unpaired) electrons. The maximum Gasteiger partial charge on any atom is 0.407 e. The summed E-state index contributed by atoms with van der Waals surface area (Å²) < 4.78 is 4.88. The van der Waals surface area contributed by atoms with Crippen LogP contribution in [0.1, 0.15) is 34.1 Å². The van der Waals surface area contributed by atoms with Gasteiger partial charge < -0.3 is 21.1 Å². The largest absolute Gasteiger partial charge is 0.450 e. The lowest BCUT2D eigenvalue weighted by molar-refractivity contribution is 0.147. The van der Waals surface area contributed by atoms with Gasteiger partial charge in [-0.1, -0.05) is 26.0 Å². The summed E-state index contributed by atoms with van der Waals surface area (Å²) in [6, 6.07) is -0.0840. The van der Waals surface area contributed by atoms with Gasteiger partial charge in [0.1, 0.15) is 0 Å². The van der Waals surface area contributed by atoms with E-state index in [9.17, 15) is 4.79 Å². The fourth-order valence-electron chi connectivity index (χ4n) is 1.59. The zero-order valence-electron chi connectivity index (χ0n) is 13.0. The minimum absolute atomic E-state index is 0.0840. The molecule has 6 nitrogen and oxygen atoms in total. The Hall–Kier alpha value is -1.72. The van der Waals surface area contributed by atoms with Gasteiger partial charge in [0, 0.05) is 6.54 Å². The molecular formula is C14H28N4O2. The van der Waals surface area contributed by atoms with Gasteiger partial charge in [-0.05, 0) is 26.2 Å². The molecule has 0 saturated carbocycles. The number of hydrogen-bond donors (Lipinski definition) is 3. The van der Waals surface area contributed by atoms with Gasteiger partial charge in [0.25, 0.3) is 0 Å². The fourth-order valence-corrected chi connectivity index (χ4v) is 1.59. The average Bonchev–Trinajstić information content (AvgIpc) is 2.33. The highest BCUT2D eigenvalue weighted by Gasteiger charge is 2.14. The molecule has 0 aliphatic rings. The van der Waals surface area contributed by atoms with E-state index in [1.165, 1.54) is 0 Å². The highest BCUT2D eigenvalue weighted by Crippen LogP contribution is 2.05. The first-order valence-electron chi connectivity index (χ1n) is 6.96. The predicted molar refractivity (Wildman–Crippen MR) is 82.7 cm³/mol. The zero-order valence-corrected chi connectivity index (χ0v) is 13.0. The SMILES string of the molecule is C=C(C)CNC(N)=NCC(CC(C)C)NC(=O)OCC. The third-order valence-corrected chi connectivity index (χ3v) is 2.41. The van der Waals surface area contributed by atoms with Gasteiger partial charge >= 0.3 is 6.09 Å². The number of aliphatic imine (C=N–C) groups is 1. The van der Waals surface area contributed by atoms with Crippen molar-refractivity contribution in [3.8, 4) is 0 Å². The van der Waals surface area contributed by atoms with Crippen LogP contribution < -0.4 is 16.4 Å².